The Morgan fingerprint density at radius 2 is 1.84 bits per heavy atom. The molecule has 4 rings (SSSR count). The second kappa shape index (κ2) is 6.60. The number of aromatic amines is 2. The number of para-hydroxylation sites is 1. The molecule has 2 aromatic heterocycles. The molecule has 6 heteroatoms. The summed E-state index contributed by atoms with van der Waals surface area (Å²) in [5, 5.41) is 11.1. The molecule has 0 aliphatic carbocycles. The lowest BCUT2D eigenvalue weighted by Gasteiger charge is -2.01. The van der Waals surface area contributed by atoms with E-state index in [0.29, 0.717) is 24.5 Å². The van der Waals surface area contributed by atoms with Crippen LogP contribution in [-0.2, 0) is 6.42 Å². The van der Waals surface area contributed by atoms with Crippen LogP contribution >= 0.6 is 0 Å². The third kappa shape index (κ3) is 3.28. The number of carbonyl (C=O) groups is 1. The topological polar surface area (TPSA) is 86.5 Å². The summed E-state index contributed by atoms with van der Waals surface area (Å²) in [6.45, 7) is 0.484. The molecule has 6 nitrogen and oxygen atoms in total. The zero-order valence-corrected chi connectivity index (χ0v) is 13.5. The van der Waals surface area contributed by atoms with Crippen LogP contribution in [0.3, 0.4) is 0 Å². The molecule has 0 spiro atoms. The molecule has 0 saturated heterocycles. The van der Waals surface area contributed by atoms with Crippen LogP contribution in [0.25, 0.3) is 22.3 Å². The van der Waals surface area contributed by atoms with Gasteiger partial charge >= 0.3 is 0 Å². The summed E-state index contributed by atoms with van der Waals surface area (Å²) in [6, 6.07) is 19.4. The molecule has 3 N–H and O–H groups in total. The molecule has 0 aliphatic rings. The number of hydrogen-bond donors (Lipinski definition) is 3. The van der Waals surface area contributed by atoms with Crippen molar-refractivity contribution in [3.63, 3.8) is 0 Å². The number of carbonyl (C=O) groups excluding carboxylic acids is 1. The fraction of sp³-hybridized carbons (Fsp3) is 0.105. The molecule has 4 aromatic rings. The van der Waals surface area contributed by atoms with Gasteiger partial charge in [0.15, 0.2) is 5.82 Å². The number of H-pyrrole nitrogens is 2. The maximum atomic E-state index is 12.2. The van der Waals surface area contributed by atoms with Crippen molar-refractivity contribution in [3.05, 3.63) is 72.2 Å². The molecule has 2 heterocycles. The standard InChI is InChI=1S/C19H17N5O/c25-19(16-12-14-8-4-5-9-15(14)21-16)20-11-10-17-22-18(24-23-17)13-6-2-1-3-7-13/h1-9,12,21H,10-11H2,(H,20,25)(H,22,23,24). The Kier molecular flexibility index (Phi) is 4.00. The van der Waals surface area contributed by atoms with Crippen LogP contribution in [0.5, 0.6) is 0 Å². The number of benzene rings is 2. The molecule has 0 bridgehead atoms. The van der Waals surface area contributed by atoms with Crippen LogP contribution in [0.4, 0.5) is 0 Å². The number of rotatable bonds is 5. The third-order valence-electron chi connectivity index (χ3n) is 3.99. The highest BCUT2D eigenvalue weighted by atomic mass is 16.1. The van der Waals surface area contributed by atoms with Crippen molar-refractivity contribution in [1.82, 2.24) is 25.5 Å². The first-order chi connectivity index (χ1) is 12.3. The van der Waals surface area contributed by atoms with Crippen LogP contribution in [0.1, 0.15) is 16.3 Å². The van der Waals surface area contributed by atoms with E-state index in [-0.39, 0.29) is 5.91 Å². The van der Waals surface area contributed by atoms with Crippen molar-refractivity contribution in [1.29, 1.82) is 0 Å². The number of nitrogens with one attached hydrogen (secondary N) is 3. The van der Waals surface area contributed by atoms with Crippen molar-refractivity contribution in [2.45, 2.75) is 6.42 Å². The lowest BCUT2D eigenvalue weighted by molar-refractivity contribution is 0.0950. The Bertz CT molecular complexity index is 970. The van der Waals surface area contributed by atoms with Gasteiger partial charge in [-0.15, -0.1) is 0 Å². The molecule has 0 atom stereocenters. The predicted molar refractivity (Wildman–Crippen MR) is 96.2 cm³/mol. The first-order valence-corrected chi connectivity index (χ1v) is 8.12. The van der Waals surface area contributed by atoms with Crippen LogP contribution < -0.4 is 5.32 Å². The second-order valence-electron chi connectivity index (χ2n) is 5.75. The van der Waals surface area contributed by atoms with Crippen molar-refractivity contribution < 1.29 is 4.79 Å². The summed E-state index contributed by atoms with van der Waals surface area (Å²) in [5.74, 6) is 1.28. The van der Waals surface area contributed by atoms with Gasteiger partial charge < -0.3 is 10.3 Å². The first kappa shape index (κ1) is 15.1. The van der Waals surface area contributed by atoms with Gasteiger partial charge in [0.25, 0.3) is 5.91 Å². The van der Waals surface area contributed by atoms with E-state index in [1.807, 2.05) is 60.7 Å². The fourth-order valence-corrected chi connectivity index (χ4v) is 2.71. The summed E-state index contributed by atoms with van der Waals surface area (Å²) in [4.78, 5) is 19.8. The number of aromatic nitrogens is 4. The molecule has 0 fully saturated rings. The Balaban J connectivity index is 1.36. The minimum absolute atomic E-state index is 0.126. The van der Waals surface area contributed by atoms with Gasteiger partial charge in [-0.2, -0.15) is 5.10 Å². The van der Waals surface area contributed by atoms with E-state index in [1.54, 1.807) is 0 Å². The van der Waals surface area contributed by atoms with E-state index >= 15 is 0 Å². The van der Waals surface area contributed by atoms with Gasteiger partial charge in [-0.3, -0.25) is 9.89 Å². The molecule has 0 aliphatic heterocycles. The molecule has 124 valence electrons. The van der Waals surface area contributed by atoms with E-state index in [2.05, 4.69) is 25.5 Å². The highest BCUT2D eigenvalue weighted by Crippen LogP contribution is 2.15. The van der Waals surface area contributed by atoms with E-state index in [1.165, 1.54) is 0 Å². The van der Waals surface area contributed by atoms with E-state index < -0.39 is 0 Å². The zero-order valence-electron chi connectivity index (χ0n) is 13.5. The van der Waals surface area contributed by atoms with E-state index in [0.717, 1.165) is 22.3 Å². The average Bonchev–Trinajstić information content (AvgIpc) is 3.29. The molecule has 1 amide bonds. The minimum Gasteiger partial charge on any atom is -0.351 e. The van der Waals surface area contributed by atoms with Crippen LogP contribution in [0, 0.1) is 0 Å². The molecule has 2 aromatic carbocycles. The molecule has 0 saturated carbocycles. The Morgan fingerprint density at radius 3 is 2.68 bits per heavy atom. The predicted octanol–water partition coefficient (Wildman–Crippen LogP) is 2.93. The largest absolute Gasteiger partial charge is 0.351 e. The maximum Gasteiger partial charge on any atom is 0.267 e. The Hall–Kier alpha value is -3.41. The third-order valence-corrected chi connectivity index (χ3v) is 3.99. The van der Waals surface area contributed by atoms with Gasteiger partial charge in [0.1, 0.15) is 11.5 Å². The average molecular weight is 331 g/mol. The highest BCUT2D eigenvalue weighted by Gasteiger charge is 2.10. The van der Waals surface area contributed by atoms with Gasteiger partial charge in [0.2, 0.25) is 0 Å². The lowest BCUT2D eigenvalue weighted by atomic mass is 10.2. The second-order valence-corrected chi connectivity index (χ2v) is 5.75. The zero-order chi connectivity index (χ0) is 17.1. The Morgan fingerprint density at radius 1 is 1.04 bits per heavy atom. The highest BCUT2D eigenvalue weighted by molar-refractivity contribution is 5.97. The number of hydrogen-bond acceptors (Lipinski definition) is 3. The van der Waals surface area contributed by atoms with E-state index in [4.69, 9.17) is 0 Å². The van der Waals surface area contributed by atoms with Crippen molar-refractivity contribution in [2.24, 2.45) is 0 Å². The fourth-order valence-electron chi connectivity index (χ4n) is 2.71. The Labute approximate surface area is 144 Å². The monoisotopic (exact) mass is 331 g/mol. The summed E-state index contributed by atoms with van der Waals surface area (Å²) in [7, 11) is 0. The molecule has 0 unspecified atom stereocenters. The van der Waals surface area contributed by atoms with Crippen LogP contribution in [0.2, 0.25) is 0 Å². The lowest BCUT2D eigenvalue weighted by Crippen LogP contribution is -2.26. The van der Waals surface area contributed by atoms with Gasteiger partial charge in [-0.05, 0) is 12.1 Å². The van der Waals surface area contributed by atoms with E-state index in [9.17, 15) is 4.79 Å². The van der Waals surface area contributed by atoms with Gasteiger partial charge in [-0.25, -0.2) is 4.98 Å². The molecular formula is C19H17N5O. The van der Waals surface area contributed by atoms with Gasteiger partial charge in [0.05, 0.1) is 0 Å². The first-order valence-electron chi connectivity index (χ1n) is 8.12. The summed E-state index contributed by atoms with van der Waals surface area (Å²) >= 11 is 0. The normalized spacial score (nSPS) is 10.9. The van der Waals surface area contributed by atoms with Crippen molar-refractivity contribution >= 4 is 16.8 Å². The summed E-state index contributed by atoms with van der Waals surface area (Å²) in [6.07, 6.45) is 0.589. The van der Waals surface area contributed by atoms with Crippen molar-refractivity contribution in [2.75, 3.05) is 6.54 Å². The summed E-state index contributed by atoms with van der Waals surface area (Å²) < 4.78 is 0. The summed E-state index contributed by atoms with van der Waals surface area (Å²) in [5.41, 5.74) is 2.48. The maximum absolute atomic E-state index is 12.2. The van der Waals surface area contributed by atoms with Gasteiger partial charge in [-0.1, -0.05) is 48.5 Å². The SMILES string of the molecule is O=C(NCCc1nc(-c2ccccc2)n[nH]1)c1cc2ccccc2[nH]1. The van der Waals surface area contributed by atoms with Crippen molar-refractivity contribution in [3.8, 4) is 11.4 Å². The van der Waals surface area contributed by atoms with Gasteiger partial charge in [0, 0.05) is 29.4 Å². The quantitative estimate of drug-likeness (QED) is 0.525. The van der Waals surface area contributed by atoms with Crippen LogP contribution in [0.15, 0.2) is 60.7 Å². The molecular weight excluding hydrogens is 314 g/mol. The number of nitrogens with zero attached hydrogens (tertiary/aromatic N) is 2. The smallest absolute Gasteiger partial charge is 0.267 e. The minimum atomic E-state index is -0.126. The van der Waals surface area contributed by atoms with Crippen LogP contribution in [-0.4, -0.2) is 32.6 Å². The number of fused-ring (bicyclic) bond motifs is 1. The molecule has 25 heavy (non-hydrogen) atoms. The number of amides is 1. The molecule has 0 radical (unpaired) electrons.